The summed E-state index contributed by atoms with van der Waals surface area (Å²) in [6, 6.07) is 6.72. The van der Waals surface area contributed by atoms with Gasteiger partial charge in [-0.1, -0.05) is 22.0 Å². The first-order valence-corrected chi connectivity index (χ1v) is 8.92. The Morgan fingerprint density at radius 3 is 2.48 bits per heavy atom. The summed E-state index contributed by atoms with van der Waals surface area (Å²) in [6.07, 6.45) is 0. The molecular weight excluding hydrogens is 456 g/mol. The molecule has 132 valence electrons. The topological polar surface area (TPSA) is 81.5 Å². The van der Waals surface area contributed by atoms with E-state index in [-0.39, 0.29) is 18.0 Å². The van der Waals surface area contributed by atoms with Gasteiger partial charge in [0.25, 0.3) is 11.6 Å². The van der Waals surface area contributed by atoms with E-state index in [1.54, 1.807) is 13.0 Å². The predicted molar refractivity (Wildman–Crippen MR) is 103 cm³/mol. The van der Waals surface area contributed by atoms with E-state index >= 15 is 0 Å². The Bertz CT molecular complexity index is 830. The summed E-state index contributed by atoms with van der Waals surface area (Å²) in [7, 11) is 0. The number of nitro groups is 1. The molecule has 0 bridgehead atoms. The number of hydrogen-bond acceptors (Lipinski definition) is 4. The third-order valence-electron chi connectivity index (χ3n) is 3.72. The number of carbonyl (C=O) groups excluding carboxylic acids is 1. The zero-order valence-corrected chi connectivity index (χ0v) is 17.0. The van der Waals surface area contributed by atoms with Crippen LogP contribution in [-0.2, 0) is 4.79 Å². The highest BCUT2D eigenvalue weighted by Gasteiger charge is 2.20. The average molecular weight is 472 g/mol. The lowest BCUT2D eigenvalue weighted by atomic mass is 10.1. The number of rotatable bonds is 5. The van der Waals surface area contributed by atoms with Crippen molar-refractivity contribution in [2.75, 3.05) is 11.9 Å². The van der Waals surface area contributed by atoms with Gasteiger partial charge in [0.1, 0.15) is 11.4 Å². The highest BCUT2D eigenvalue weighted by Crippen LogP contribution is 2.33. The highest BCUT2D eigenvalue weighted by molar-refractivity contribution is 9.11. The van der Waals surface area contributed by atoms with Crippen LogP contribution in [0.1, 0.15) is 16.7 Å². The molecule has 0 saturated heterocycles. The Labute approximate surface area is 162 Å². The van der Waals surface area contributed by atoms with E-state index < -0.39 is 10.8 Å². The van der Waals surface area contributed by atoms with Crippen molar-refractivity contribution < 1.29 is 14.5 Å². The lowest BCUT2D eigenvalue weighted by Gasteiger charge is -2.13. The Hall–Kier alpha value is -1.93. The summed E-state index contributed by atoms with van der Waals surface area (Å²) in [6.45, 7) is 5.16. The number of halogens is 2. The van der Waals surface area contributed by atoms with Gasteiger partial charge in [0.05, 0.1) is 9.40 Å². The number of aryl methyl sites for hydroxylation is 2. The lowest BCUT2D eigenvalue weighted by molar-refractivity contribution is -0.384. The molecule has 8 heteroatoms. The number of anilines is 1. The molecule has 0 saturated carbocycles. The van der Waals surface area contributed by atoms with Gasteiger partial charge in [-0.2, -0.15) is 0 Å². The third kappa shape index (κ3) is 4.58. The smallest absolute Gasteiger partial charge is 0.293 e. The van der Waals surface area contributed by atoms with Crippen molar-refractivity contribution in [2.24, 2.45) is 0 Å². The molecule has 6 nitrogen and oxygen atoms in total. The molecular formula is C17H16Br2N2O4. The standard InChI is InChI=1S/C17H16Br2N2O4/c1-9-4-5-14(21(23)24)16(11(9)3)20-15(22)8-25-17-10(2)6-12(18)7-13(17)19/h4-7H,8H2,1-3H3,(H,20,22). The van der Waals surface area contributed by atoms with Crippen LogP contribution in [0.15, 0.2) is 33.2 Å². The van der Waals surface area contributed by atoms with E-state index in [2.05, 4.69) is 37.2 Å². The van der Waals surface area contributed by atoms with Crippen molar-refractivity contribution >= 4 is 49.1 Å². The normalized spacial score (nSPS) is 10.4. The molecule has 0 aliphatic rings. The number of benzene rings is 2. The number of amides is 1. The molecule has 2 rings (SSSR count). The second-order valence-electron chi connectivity index (χ2n) is 5.53. The van der Waals surface area contributed by atoms with Crippen molar-refractivity contribution in [2.45, 2.75) is 20.8 Å². The highest BCUT2D eigenvalue weighted by atomic mass is 79.9. The minimum atomic E-state index is -0.516. The van der Waals surface area contributed by atoms with E-state index in [0.29, 0.717) is 15.8 Å². The van der Waals surface area contributed by atoms with Crippen LogP contribution in [0.4, 0.5) is 11.4 Å². The molecule has 0 unspecified atom stereocenters. The van der Waals surface area contributed by atoms with Gasteiger partial charge in [0, 0.05) is 10.5 Å². The maximum atomic E-state index is 12.2. The molecule has 0 atom stereocenters. The molecule has 2 aromatic carbocycles. The number of hydrogen-bond donors (Lipinski definition) is 1. The Morgan fingerprint density at radius 1 is 1.20 bits per heavy atom. The monoisotopic (exact) mass is 470 g/mol. The van der Waals surface area contributed by atoms with Crippen LogP contribution in [0.25, 0.3) is 0 Å². The second kappa shape index (κ2) is 7.97. The Balaban J connectivity index is 2.17. The van der Waals surface area contributed by atoms with Gasteiger partial charge in [-0.25, -0.2) is 0 Å². The third-order valence-corrected chi connectivity index (χ3v) is 4.76. The number of nitro benzene ring substituents is 1. The quantitative estimate of drug-likeness (QED) is 0.487. The molecule has 0 fully saturated rings. The molecule has 0 radical (unpaired) electrons. The summed E-state index contributed by atoms with van der Waals surface area (Å²) in [4.78, 5) is 22.9. The number of ether oxygens (including phenoxy) is 1. The first-order chi connectivity index (χ1) is 11.7. The Kier molecular flexibility index (Phi) is 6.18. The molecule has 0 heterocycles. The minimum Gasteiger partial charge on any atom is -0.482 e. The predicted octanol–water partition coefficient (Wildman–Crippen LogP) is 5.06. The van der Waals surface area contributed by atoms with Crippen molar-refractivity contribution in [3.8, 4) is 5.75 Å². The molecule has 1 amide bonds. The zero-order chi connectivity index (χ0) is 18.7. The number of nitrogens with zero attached hydrogens (tertiary/aromatic N) is 1. The van der Waals surface area contributed by atoms with Gasteiger partial charge < -0.3 is 10.1 Å². The van der Waals surface area contributed by atoms with E-state index in [1.165, 1.54) is 6.07 Å². The maximum Gasteiger partial charge on any atom is 0.293 e. The second-order valence-corrected chi connectivity index (χ2v) is 7.30. The first-order valence-electron chi connectivity index (χ1n) is 7.33. The minimum absolute atomic E-state index is 0.141. The van der Waals surface area contributed by atoms with Gasteiger partial charge in [-0.3, -0.25) is 14.9 Å². The maximum absolute atomic E-state index is 12.2. The summed E-state index contributed by atoms with van der Waals surface area (Å²) in [5.74, 6) is 0.0832. The molecule has 1 N–H and O–H groups in total. The van der Waals surface area contributed by atoms with Crippen molar-refractivity contribution in [1.29, 1.82) is 0 Å². The average Bonchev–Trinajstić information content (AvgIpc) is 2.50. The van der Waals surface area contributed by atoms with Crippen LogP contribution < -0.4 is 10.1 Å². The fraction of sp³-hybridized carbons (Fsp3) is 0.235. The van der Waals surface area contributed by atoms with Crippen LogP contribution in [0, 0.1) is 30.9 Å². The molecule has 0 aromatic heterocycles. The first kappa shape index (κ1) is 19.4. The van der Waals surface area contributed by atoms with Gasteiger partial charge in [-0.15, -0.1) is 0 Å². The van der Waals surface area contributed by atoms with Crippen LogP contribution in [-0.4, -0.2) is 17.4 Å². The number of carbonyl (C=O) groups is 1. The van der Waals surface area contributed by atoms with Gasteiger partial charge in [0.2, 0.25) is 0 Å². The fourth-order valence-electron chi connectivity index (χ4n) is 2.30. The number of nitrogens with one attached hydrogen (secondary N) is 1. The summed E-state index contributed by atoms with van der Waals surface area (Å²) in [5.41, 5.74) is 2.42. The van der Waals surface area contributed by atoms with E-state index in [1.807, 2.05) is 26.0 Å². The lowest BCUT2D eigenvalue weighted by Crippen LogP contribution is -2.22. The van der Waals surface area contributed by atoms with E-state index in [4.69, 9.17) is 4.74 Å². The van der Waals surface area contributed by atoms with Crippen LogP contribution in [0.5, 0.6) is 5.75 Å². The molecule has 0 aliphatic heterocycles. The summed E-state index contributed by atoms with van der Waals surface area (Å²) >= 11 is 6.77. The van der Waals surface area contributed by atoms with Gasteiger partial charge in [-0.05, 0) is 65.5 Å². The molecule has 2 aromatic rings. The molecule has 25 heavy (non-hydrogen) atoms. The van der Waals surface area contributed by atoms with E-state index in [9.17, 15) is 14.9 Å². The summed E-state index contributed by atoms with van der Waals surface area (Å²) in [5, 5.41) is 13.8. The van der Waals surface area contributed by atoms with Gasteiger partial charge >= 0.3 is 0 Å². The zero-order valence-electron chi connectivity index (χ0n) is 13.9. The van der Waals surface area contributed by atoms with Gasteiger partial charge in [0.15, 0.2) is 6.61 Å². The van der Waals surface area contributed by atoms with Crippen molar-refractivity contribution in [1.82, 2.24) is 0 Å². The van der Waals surface area contributed by atoms with E-state index in [0.717, 1.165) is 15.6 Å². The fourth-order valence-corrected chi connectivity index (χ4v) is 3.85. The van der Waals surface area contributed by atoms with Crippen LogP contribution in [0.3, 0.4) is 0 Å². The van der Waals surface area contributed by atoms with Crippen molar-refractivity contribution in [3.63, 3.8) is 0 Å². The molecule has 0 spiro atoms. The van der Waals surface area contributed by atoms with Crippen LogP contribution in [0.2, 0.25) is 0 Å². The SMILES string of the molecule is Cc1ccc([N+](=O)[O-])c(NC(=O)COc2c(C)cc(Br)cc2Br)c1C. The van der Waals surface area contributed by atoms with Crippen LogP contribution >= 0.6 is 31.9 Å². The van der Waals surface area contributed by atoms with Crippen molar-refractivity contribution in [3.05, 3.63) is 60.0 Å². The Morgan fingerprint density at radius 2 is 1.88 bits per heavy atom. The largest absolute Gasteiger partial charge is 0.482 e. The molecule has 0 aliphatic carbocycles. The summed E-state index contributed by atoms with van der Waals surface area (Å²) < 4.78 is 7.18.